The van der Waals surface area contributed by atoms with Crippen LogP contribution in [0.5, 0.6) is 0 Å². The molecular formula is C17H20FN3OS. The number of carbonyl (C=O) groups excluding carboxylic acids is 1. The van der Waals surface area contributed by atoms with E-state index in [2.05, 4.69) is 0 Å². The zero-order valence-electron chi connectivity index (χ0n) is 13.5. The third-order valence-corrected chi connectivity index (χ3v) is 4.10. The van der Waals surface area contributed by atoms with Gasteiger partial charge in [-0.2, -0.15) is 0 Å². The van der Waals surface area contributed by atoms with Crippen LogP contribution in [0.15, 0.2) is 30.3 Å². The minimum atomic E-state index is -0.519. The maximum Gasteiger partial charge on any atom is 0.251 e. The lowest BCUT2D eigenvalue weighted by molar-refractivity contribution is 0.0997. The van der Waals surface area contributed by atoms with Gasteiger partial charge in [-0.15, -0.1) is 0 Å². The molecule has 0 saturated carbocycles. The van der Waals surface area contributed by atoms with Gasteiger partial charge in [-0.1, -0.05) is 24.4 Å². The first-order chi connectivity index (χ1) is 10.8. The Labute approximate surface area is 140 Å². The van der Waals surface area contributed by atoms with Gasteiger partial charge in [-0.25, -0.2) is 4.39 Å². The number of rotatable bonds is 5. The Morgan fingerprint density at radius 1 is 1.35 bits per heavy atom. The van der Waals surface area contributed by atoms with E-state index in [1.54, 1.807) is 6.07 Å². The van der Waals surface area contributed by atoms with Gasteiger partial charge >= 0.3 is 0 Å². The van der Waals surface area contributed by atoms with E-state index in [1.807, 2.05) is 42.5 Å². The molecule has 1 heterocycles. The normalized spacial score (nSPS) is 11.0. The van der Waals surface area contributed by atoms with Crippen LogP contribution in [0.4, 0.5) is 4.39 Å². The standard InChI is InChI=1S/C17H20FN3OS/c1-11-7-12(2)21(17(23)15(11)16(19)22)10-20(3)9-13-5-4-6-14(18)8-13/h4-8H,9-10H2,1-3H3,(H2,19,22). The van der Waals surface area contributed by atoms with E-state index in [1.165, 1.54) is 12.1 Å². The number of aryl methyl sites for hydroxylation is 2. The molecule has 0 radical (unpaired) electrons. The molecule has 0 aliphatic carbocycles. The predicted octanol–water partition coefficient (Wildman–Crippen LogP) is 3.16. The van der Waals surface area contributed by atoms with Gasteiger partial charge in [0.1, 0.15) is 10.5 Å². The summed E-state index contributed by atoms with van der Waals surface area (Å²) in [7, 11) is 1.91. The molecule has 122 valence electrons. The highest BCUT2D eigenvalue weighted by Gasteiger charge is 2.13. The van der Waals surface area contributed by atoms with Crippen molar-refractivity contribution in [2.75, 3.05) is 7.05 Å². The second-order valence-corrected chi connectivity index (χ2v) is 6.11. The van der Waals surface area contributed by atoms with E-state index in [0.29, 0.717) is 23.4 Å². The molecule has 2 rings (SSSR count). The Hall–Kier alpha value is -2.05. The summed E-state index contributed by atoms with van der Waals surface area (Å²) in [5.74, 6) is -0.774. The van der Waals surface area contributed by atoms with Crippen LogP contribution in [0.25, 0.3) is 0 Å². The number of aromatic nitrogens is 1. The summed E-state index contributed by atoms with van der Waals surface area (Å²) in [5.41, 5.74) is 8.41. The Bertz CT molecular complexity index is 801. The van der Waals surface area contributed by atoms with E-state index in [0.717, 1.165) is 16.8 Å². The Morgan fingerprint density at radius 2 is 2.04 bits per heavy atom. The molecule has 23 heavy (non-hydrogen) atoms. The van der Waals surface area contributed by atoms with Crippen molar-refractivity contribution >= 4 is 18.1 Å². The second kappa shape index (κ2) is 7.02. The fraction of sp³-hybridized carbons (Fsp3) is 0.294. The summed E-state index contributed by atoms with van der Waals surface area (Å²) >= 11 is 5.42. The van der Waals surface area contributed by atoms with E-state index in [-0.39, 0.29) is 5.82 Å². The van der Waals surface area contributed by atoms with E-state index >= 15 is 0 Å². The van der Waals surface area contributed by atoms with Crippen LogP contribution in [-0.4, -0.2) is 22.4 Å². The minimum Gasteiger partial charge on any atom is -0.365 e. The molecular weight excluding hydrogens is 313 g/mol. The second-order valence-electron chi connectivity index (χ2n) is 5.73. The molecule has 0 aliphatic heterocycles. The monoisotopic (exact) mass is 333 g/mol. The van der Waals surface area contributed by atoms with Crippen LogP contribution in [0.2, 0.25) is 0 Å². The summed E-state index contributed by atoms with van der Waals surface area (Å²) < 4.78 is 15.6. The molecule has 1 aromatic heterocycles. The van der Waals surface area contributed by atoms with E-state index in [4.69, 9.17) is 18.0 Å². The number of hydrogen-bond donors (Lipinski definition) is 1. The quantitative estimate of drug-likeness (QED) is 0.855. The van der Waals surface area contributed by atoms with Crippen LogP contribution in [0.1, 0.15) is 27.2 Å². The van der Waals surface area contributed by atoms with Crippen molar-refractivity contribution in [3.05, 3.63) is 63.2 Å². The molecule has 0 atom stereocenters. The number of benzene rings is 1. The van der Waals surface area contributed by atoms with Crippen molar-refractivity contribution in [3.63, 3.8) is 0 Å². The topological polar surface area (TPSA) is 51.3 Å². The average Bonchev–Trinajstić information content (AvgIpc) is 2.42. The van der Waals surface area contributed by atoms with Gasteiger partial charge in [0.15, 0.2) is 0 Å². The number of amides is 1. The summed E-state index contributed by atoms with van der Waals surface area (Å²) in [5, 5.41) is 0. The van der Waals surface area contributed by atoms with E-state index in [9.17, 15) is 9.18 Å². The van der Waals surface area contributed by atoms with Crippen molar-refractivity contribution in [1.82, 2.24) is 9.47 Å². The third-order valence-electron chi connectivity index (χ3n) is 3.68. The van der Waals surface area contributed by atoms with Crippen molar-refractivity contribution in [2.24, 2.45) is 5.73 Å². The number of halogens is 1. The minimum absolute atomic E-state index is 0.255. The van der Waals surface area contributed by atoms with Crippen molar-refractivity contribution in [2.45, 2.75) is 27.1 Å². The Morgan fingerprint density at radius 3 is 2.65 bits per heavy atom. The fourth-order valence-corrected chi connectivity index (χ4v) is 3.10. The van der Waals surface area contributed by atoms with Gasteiger partial charge in [0.05, 0.1) is 12.2 Å². The van der Waals surface area contributed by atoms with Crippen molar-refractivity contribution in [1.29, 1.82) is 0 Å². The predicted molar refractivity (Wildman–Crippen MR) is 91.1 cm³/mol. The lowest BCUT2D eigenvalue weighted by atomic mass is 10.1. The number of carbonyl (C=O) groups is 1. The Balaban J connectivity index is 2.27. The third kappa shape index (κ3) is 4.03. The van der Waals surface area contributed by atoms with Gasteiger partial charge in [-0.05, 0) is 50.2 Å². The van der Waals surface area contributed by atoms with Gasteiger partial charge in [0.2, 0.25) is 0 Å². The van der Waals surface area contributed by atoms with Crippen LogP contribution in [0, 0.1) is 24.3 Å². The average molecular weight is 333 g/mol. The van der Waals surface area contributed by atoms with Gasteiger partial charge in [-0.3, -0.25) is 9.69 Å². The molecule has 0 fully saturated rings. The highest BCUT2D eigenvalue weighted by atomic mass is 32.1. The van der Waals surface area contributed by atoms with Crippen LogP contribution in [0.3, 0.4) is 0 Å². The van der Waals surface area contributed by atoms with Crippen molar-refractivity contribution < 1.29 is 9.18 Å². The molecule has 0 bridgehead atoms. The summed E-state index contributed by atoms with van der Waals surface area (Å²) in [6.45, 7) is 4.81. The zero-order chi connectivity index (χ0) is 17.1. The largest absolute Gasteiger partial charge is 0.365 e. The van der Waals surface area contributed by atoms with Gasteiger partial charge in [0, 0.05) is 12.2 Å². The summed E-state index contributed by atoms with van der Waals surface area (Å²) in [4.78, 5) is 13.6. The van der Waals surface area contributed by atoms with E-state index < -0.39 is 5.91 Å². The Kier molecular flexibility index (Phi) is 5.28. The fourth-order valence-electron chi connectivity index (χ4n) is 2.64. The highest BCUT2D eigenvalue weighted by molar-refractivity contribution is 7.71. The summed E-state index contributed by atoms with van der Waals surface area (Å²) in [6.07, 6.45) is 0. The van der Waals surface area contributed by atoms with Gasteiger partial charge in [0.25, 0.3) is 5.91 Å². The number of primary amides is 1. The maximum absolute atomic E-state index is 13.3. The number of nitrogens with zero attached hydrogens (tertiary/aromatic N) is 2. The molecule has 2 N–H and O–H groups in total. The van der Waals surface area contributed by atoms with Crippen LogP contribution in [-0.2, 0) is 13.2 Å². The highest BCUT2D eigenvalue weighted by Crippen LogP contribution is 2.15. The SMILES string of the molecule is Cc1cc(C)n(CN(C)Cc2cccc(F)c2)c(=S)c1C(N)=O. The van der Waals surface area contributed by atoms with Gasteiger partial charge < -0.3 is 10.3 Å². The molecule has 1 aromatic carbocycles. The molecule has 0 aliphatic rings. The number of hydrogen-bond acceptors (Lipinski definition) is 3. The number of nitrogens with two attached hydrogens (primary N) is 1. The zero-order valence-corrected chi connectivity index (χ0v) is 14.3. The lowest BCUT2D eigenvalue weighted by Gasteiger charge is -2.22. The lowest BCUT2D eigenvalue weighted by Crippen LogP contribution is -2.25. The van der Waals surface area contributed by atoms with Crippen molar-refractivity contribution in [3.8, 4) is 0 Å². The van der Waals surface area contributed by atoms with Crippen LogP contribution >= 0.6 is 12.2 Å². The summed E-state index contributed by atoms with van der Waals surface area (Å²) in [6, 6.07) is 8.38. The molecule has 6 heteroatoms. The molecule has 0 spiro atoms. The number of pyridine rings is 1. The first-order valence-electron chi connectivity index (χ1n) is 7.23. The molecule has 4 nitrogen and oxygen atoms in total. The maximum atomic E-state index is 13.3. The smallest absolute Gasteiger partial charge is 0.251 e. The first-order valence-corrected chi connectivity index (χ1v) is 7.64. The molecule has 0 unspecified atom stereocenters. The first kappa shape index (κ1) is 17.3. The van der Waals surface area contributed by atoms with Crippen LogP contribution < -0.4 is 5.73 Å². The molecule has 0 saturated heterocycles. The molecule has 1 amide bonds. The molecule has 2 aromatic rings.